The highest BCUT2D eigenvalue weighted by Crippen LogP contribution is 2.18. The third-order valence-electron chi connectivity index (χ3n) is 4.55. The van der Waals surface area contributed by atoms with Crippen LogP contribution in [0.4, 0.5) is 5.69 Å². The van der Waals surface area contributed by atoms with Gasteiger partial charge in [-0.1, -0.05) is 57.2 Å². The number of rotatable bonds is 7. The van der Waals surface area contributed by atoms with Crippen LogP contribution in [-0.4, -0.2) is 16.8 Å². The number of carbonyl (C=O) groups is 2. The highest BCUT2D eigenvalue weighted by atomic mass is 16.5. The van der Waals surface area contributed by atoms with E-state index in [1.165, 1.54) is 0 Å². The number of carbonyl (C=O) groups excluding carboxylic acids is 2. The molecule has 1 heterocycles. The Morgan fingerprint density at radius 3 is 2.45 bits per heavy atom. The van der Waals surface area contributed by atoms with Crippen LogP contribution in [0.2, 0.25) is 0 Å². The smallest absolute Gasteiger partial charge is 0.251 e. The van der Waals surface area contributed by atoms with E-state index < -0.39 is 5.41 Å². The maximum absolute atomic E-state index is 12.6. The van der Waals surface area contributed by atoms with E-state index in [-0.39, 0.29) is 11.8 Å². The monoisotopic (exact) mass is 417 g/mol. The predicted octanol–water partition coefficient (Wildman–Crippen LogP) is 4.58. The van der Waals surface area contributed by atoms with Gasteiger partial charge in [-0.2, -0.15) is 0 Å². The largest absolute Gasteiger partial charge is 0.473 e. The van der Waals surface area contributed by atoms with E-state index >= 15 is 0 Å². The number of hydrogen-bond donors (Lipinski definition) is 2. The molecule has 1 aromatic heterocycles. The van der Waals surface area contributed by atoms with Gasteiger partial charge < -0.3 is 15.4 Å². The van der Waals surface area contributed by atoms with Gasteiger partial charge in [0.15, 0.2) is 0 Å². The fraction of sp³-hybridized carbons (Fsp3) is 0.240. The topological polar surface area (TPSA) is 80.3 Å². The summed E-state index contributed by atoms with van der Waals surface area (Å²) in [5.74, 6) is 0.169. The first-order valence-electron chi connectivity index (χ1n) is 10.1. The second-order valence-corrected chi connectivity index (χ2v) is 8.24. The van der Waals surface area contributed by atoms with E-state index in [0.717, 1.165) is 11.1 Å². The second kappa shape index (κ2) is 9.89. The second-order valence-electron chi connectivity index (χ2n) is 8.24. The van der Waals surface area contributed by atoms with Gasteiger partial charge in [-0.15, -0.1) is 0 Å². The number of nitrogens with zero attached hydrogens (tertiary/aromatic N) is 1. The van der Waals surface area contributed by atoms with Crippen molar-refractivity contribution in [2.75, 3.05) is 5.32 Å². The molecule has 0 aliphatic heterocycles. The lowest BCUT2D eigenvalue weighted by atomic mass is 9.95. The molecule has 0 saturated heterocycles. The molecule has 0 fully saturated rings. The summed E-state index contributed by atoms with van der Waals surface area (Å²) in [4.78, 5) is 29.0. The number of nitrogens with one attached hydrogen (secondary N) is 2. The summed E-state index contributed by atoms with van der Waals surface area (Å²) in [6, 6.07) is 20.4. The zero-order valence-corrected chi connectivity index (χ0v) is 18.0. The number of benzene rings is 2. The Morgan fingerprint density at radius 2 is 1.71 bits per heavy atom. The number of amides is 2. The molecule has 31 heavy (non-hydrogen) atoms. The molecular formula is C25H27N3O3. The van der Waals surface area contributed by atoms with Gasteiger partial charge in [0.2, 0.25) is 11.8 Å². The van der Waals surface area contributed by atoms with E-state index in [1.54, 1.807) is 30.5 Å². The normalized spacial score (nSPS) is 10.9. The van der Waals surface area contributed by atoms with Crippen molar-refractivity contribution >= 4 is 17.5 Å². The van der Waals surface area contributed by atoms with Crippen molar-refractivity contribution in [3.8, 4) is 5.88 Å². The lowest BCUT2D eigenvalue weighted by Gasteiger charge is -2.18. The Kier molecular flexibility index (Phi) is 7.03. The molecule has 0 unspecified atom stereocenters. The third kappa shape index (κ3) is 6.67. The predicted molar refractivity (Wildman–Crippen MR) is 121 cm³/mol. The van der Waals surface area contributed by atoms with Crippen molar-refractivity contribution in [3.63, 3.8) is 0 Å². The van der Waals surface area contributed by atoms with Crippen LogP contribution in [0.5, 0.6) is 5.88 Å². The SMILES string of the molecule is CC(C)(C)C(=O)Nc1cccc(C(=O)NCc2ccnc(OCc3ccccc3)c2)c1. The van der Waals surface area contributed by atoms with Gasteiger partial charge in [-0.3, -0.25) is 9.59 Å². The molecule has 0 aliphatic rings. The zero-order valence-electron chi connectivity index (χ0n) is 18.0. The average molecular weight is 418 g/mol. The average Bonchev–Trinajstić information content (AvgIpc) is 2.76. The minimum Gasteiger partial charge on any atom is -0.473 e. The highest BCUT2D eigenvalue weighted by molar-refractivity contribution is 5.98. The van der Waals surface area contributed by atoms with Crippen LogP contribution in [-0.2, 0) is 17.9 Å². The van der Waals surface area contributed by atoms with Gasteiger partial charge in [0, 0.05) is 35.5 Å². The van der Waals surface area contributed by atoms with Crippen LogP contribution in [0.3, 0.4) is 0 Å². The van der Waals surface area contributed by atoms with Crippen molar-refractivity contribution in [2.45, 2.75) is 33.9 Å². The minimum absolute atomic E-state index is 0.107. The van der Waals surface area contributed by atoms with Gasteiger partial charge in [0.05, 0.1) is 0 Å². The van der Waals surface area contributed by atoms with Crippen LogP contribution in [0, 0.1) is 5.41 Å². The quantitative estimate of drug-likeness (QED) is 0.590. The molecule has 2 amide bonds. The Bertz CT molecular complexity index is 1040. The zero-order chi connectivity index (χ0) is 22.3. The van der Waals surface area contributed by atoms with Gasteiger partial charge in [-0.25, -0.2) is 4.98 Å². The Labute approximate surface area is 182 Å². The summed E-state index contributed by atoms with van der Waals surface area (Å²) in [5, 5.41) is 5.73. The number of pyridine rings is 1. The van der Waals surface area contributed by atoms with Crippen LogP contribution in [0.1, 0.15) is 42.3 Å². The van der Waals surface area contributed by atoms with E-state index in [1.807, 2.05) is 63.2 Å². The summed E-state index contributed by atoms with van der Waals surface area (Å²) in [7, 11) is 0. The van der Waals surface area contributed by atoms with Crippen molar-refractivity contribution in [3.05, 3.63) is 89.6 Å². The molecule has 0 spiro atoms. The maximum Gasteiger partial charge on any atom is 0.251 e. The van der Waals surface area contributed by atoms with Crippen LogP contribution in [0.25, 0.3) is 0 Å². The molecular weight excluding hydrogens is 390 g/mol. The lowest BCUT2D eigenvalue weighted by Crippen LogP contribution is -2.28. The molecule has 0 bridgehead atoms. The van der Waals surface area contributed by atoms with E-state index in [2.05, 4.69) is 15.6 Å². The van der Waals surface area contributed by atoms with Crippen molar-refractivity contribution < 1.29 is 14.3 Å². The van der Waals surface area contributed by atoms with E-state index in [0.29, 0.717) is 30.3 Å². The molecule has 3 aromatic rings. The van der Waals surface area contributed by atoms with Crippen LogP contribution >= 0.6 is 0 Å². The molecule has 0 saturated carbocycles. The van der Waals surface area contributed by atoms with Gasteiger partial charge >= 0.3 is 0 Å². The van der Waals surface area contributed by atoms with Gasteiger partial charge in [0.1, 0.15) is 6.61 Å². The van der Waals surface area contributed by atoms with E-state index in [9.17, 15) is 9.59 Å². The molecule has 0 aliphatic carbocycles. The number of aromatic nitrogens is 1. The Hall–Kier alpha value is -3.67. The molecule has 2 aromatic carbocycles. The summed E-state index contributed by atoms with van der Waals surface area (Å²) < 4.78 is 5.74. The van der Waals surface area contributed by atoms with Crippen molar-refractivity contribution in [1.29, 1.82) is 0 Å². The Balaban J connectivity index is 1.57. The van der Waals surface area contributed by atoms with Crippen molar-refractivity contribution in [2.24, 2.45) is 5.41 Å². The molecule has 0 atom stereocenters. The molecule has 160 valence electrons. The fourth-order valence-electron chi connectivity index (χ4n) is 2.71. The first-order chi connectivity index (χ1) is 14.8. The summed E-state index contributed by atoms with van der Waals surface area (Å²) >= 11 is 0. The van der Waals surface area contributed by atoms with E-state index in [4.69, 9.17) is 4.74 Å². The number of ether oxygens (including phenoxy) is 1. The highest BCUT2D eigenvalue weighted by Gasteiger charge is 2.21. The molecule has 6 nitrogen and oxygen atoms in total. The van der Waals surface area contributed by atoms with Gasteiger partial charge in [-0.05, 0) is 35.4 Å². The number of hydrogen-bond acceptors (Lipinski definition) is 4. The summed E-state index contributed by atoms with van der Waals surface area (Å²) in [6.45, 7) is 6.28. The Morgan fingerprint density at radius 1 is 0.935 bits per heavy atom. The van der Waals surface area contributed by atoms with Crippen LogP contribution < -0.4 is 15.4 Å². The van der Waals surface area contributed by atoms with Gasteiger partial charge in [0.25, 0.3) is 5.91 Å². The molecule has 3 rings (SSSR count). The molecule has 2 N–H and O–H groups in total. The summed E-state index contributed by atoms with van der Waals surface area (Å²) in [6.07, 6.45) is 1.66. The lowest BCUT2D eigenvalue weighted by molar-refractivity contribution is -0.123. The number of anilines is 1. The molecule has 6 heteroatoms. The maximum atomic E-state index is 12.6. The third-order valence-corrected chi connectivity index (χ3v) is 4.55. The minimum atomic E-state index is -0.514. The van der Waals surface area contributed by atoms with Crippen LogP contribution in [0.15, 0.2) is 72.9 Å². The molecule has 0 radical (unpaired) electrons. The fourth-order valence-corrected chi connectivity index (χ4v) is 2.71. The first-order valence-corrected chi connectivity index (χ1v) is 10.1. The van der Waals surface area contributed by atoms with Crippen molar-refractivity contribution in [1.82, 2.24) is 10.3 Å². The first kappa shape index (κ1) is 22.0. The standard InChI is InChI=1S/C25H27N3O3/c1-25(2,3)24(30)28-21-11-7-10-20(15-21)23(29)27-16-19-12-13-26-22(14-19)31-17-18-8-5-4-6-9-18/h4-15H,16-17H2,1-3H3,(H,27,29)(H,28,30). The summed E-state index contributed by atoms with van der Waals surface area (Å²) in [5.41, 5.74) is 2.49.